The lowest BCUT2D eigenvalue weighted by molar-refractivity contribution is -0.137. The van der Waals surface area contributed by atoms with E-state index in [1.165, 1.54) is 31.4 Å². The number of rotatable bonds is 3. The fourth-order valence-corrected chi connectivity index (χ4v) is 1.72. The van der Waals surface area contributed by atoms with Gasteiger partial charge in [-0.2, -0.15) is 13.2 Å². The van der Waals surface area contributed by atoms with Crippen molar-refractivity contribution in [2.45, 2.75) is 6.18 Å². The standard InChI is InChI=1S/C15H12F3NO2/c1-21-13-7-5-10(6-8-13)14(20)19-12-4-2-3-11(9-12)15(16,17)18/h2-9H,1H3,(H,19,20). The van der Waals surface area contributed by atoms with Gasteiger partial charge in [0.25, 0.3) is 5.91 Å². The molecule has 0 aromatic heterocycles. The lowest BCUT2D eigenvalue weighted by Crippen LogP contribution is -2.13. The van der Waals surface area contributed by atoms with Crippen LogP contribution in [-0.2, 0) is 6.18 Å². The molecular formula is C15H12F3NO2. The minimum Gasteiger partial charge on any atom is -0.497 e. The molecule has 2 rings (SSSR count). The Morgan fingerprint density at radius 3 is 2.33 bits per heavy atom. The van der Waals surface area contributed by atoms with Crippen molar-refractivity contribution in [3.05, 3.63) is 59.7 Å². The van der Waals surface area contributed by atoms with E-state index in [0.717, 1.165) is 12.1 Å². The van der Waals surface area contributed by atoms with E-state index in [9.17, 15) is 18.0 Å². The number of hydrogen-bond donors (Lipinski definition) is 1. The monoisotopic (exact) mass is 295 g/mol. The third-order valence-electron chi connectivity index (χ3n) is 2.80. The van der Waals surface area contributed by atoms with Crippen LogP contribution in [0.25, 0.3) is 0 Å². The number of alkyl halides is 3. The fourth-order valence-electron chi connectivity index (χ4n) is 1.72. The Kier molecular flexibility index (Phi) is 4.16. The highest BCUT2D eigenvalue weighted by atomic mass is 19.4. The second-order valence-electron chi connectivity index (χ2n) is 4.26. The molecule has 6 heteroatoms. The van der Waals surface area contributed by atoms with Crippen LogP contribution in [0.5, 0.6) is 5.75 Å². The predicted octanol–water partition coefficient (Wildman–Crippen LogP) is 3.97. The van der Waals surface area contributed by atoms with Crippen LogP contribution in [0.2, 0.25) is 0 Å². The molecule has 0 aliphatic heterocycles. The van der Waals surface area contributed by atoms with Gasteiger partial charge in [0.05, 0.1) is 12.7 Å². The molecule has 2 aromatic rings. The number of benzene rings is 2. The Balaban J connectivity index is 2.15. The molecule has 1 amide bonds. The van der Waals surface area contributed by atoms with Gasteiger partial charge in [-0.25, -0.2) is 0 Å². The minimum absolute atomic E-state index is 0.0886. The van der Waals surface area contributed by atoms with Crippen molar-refractivity contribution in [2.75, 3.05) is 12.4 Å². The van der Waals surface area contributed by atoms with Gasteiger partial charge in [0.1, 0.15) is 5.75 Å². The number of carbonyl (C=O) groups is 1. The van der Waals surface area contributed by atoms with E-state index in [1.54, 1.807) is 12.1 Å². The Morgan fingerprint density at radius 2 is 1.76 bits per heavy atom. The zero-order chi connectivity index (χ0) is 15.5. The molecule has 3 nitrogen and oxygen atoms in total. The number of ether oxygens (including phenoxy) is 1. The van der Waals surface area contributed by atoms with E-state index in [1.807, 2.05) is 0 Å². The molecule has 0 radical (unpaired) electrons. The van der Waals surface area contributed by atoms with Crippen LogP contribution < -0.4 is 10.1 Å². The normalized spacial score (nSPS) is 11.0. The number of halogens is 3. The van der Waals surface area contributed by atoms with Crippen LogP contribution in [0.15, 0.2) is 48.5 Å². The van der Waals surface area contributed by atoms with E-state index in [2.05, 4.69) is 5.32 Å². The van der Waals surface area contributed by atoms with Crippen LogP contribution >= 0.6 is 0 Å². The Morgan fingerprint density at radius 1 is 1.10 bits per heavy atom. The zero-order valence-corrected chi connectivity index (χ0v) is 11.1. The first-order valence-corrected chi connectivity index (χ1v) is 6.03. The van der Waals surface area contributed by atoms with Crippen molar-refractivity contribution < 1.29 is 22.7 Å². The average molecular weight is 295 g/mol. The van der Waals surface area contributed by atoms with Crippen LogP contribution in [0, 0.1) is 0 Å². The quantitative estimate of drug-likeness (QED) is 0.930. The Labute approximate surface area is 119 Å². The van der Waals surface area contributed by atoms with Gasteiger partial charge in [-0.15, -0.1) is 0 Å². The second kappa shape index (κ2) is 5.87. The van der Waals surface area contributed by atoms with Crippen molar-refractivity contribution in [2.24, 2.45) is 0 Å². The highest BCUT2D eigenvalue weighted by Gasteiger charge is 2.30. The van der Waals surface area contributed by atoms with Gasteiger partial charge in [0, 0.05) is 11.3 Å². The van der Waals surface area contributed by atoms with Crippen LogP contribution in [0.4, 0.5) is 18.9 Å². The molecule has 0 heterocycles. The molecule has 0 aliphatic rings. The van der Waals surface area contributed by atoms with E-state index in [0.29, 0.717) is 11.3 Å². The SMILES string of the molecule is COc1ccc(C(=O)Nc2cccc(C(F)(F)F)c2)cc1. The Hall–Kier alpha value is -2.50. The summed E-state index contributed by atoms with van der Waals surface area (Å²) < 4.78 is 42.7. The number of anilines is 1. The third-order valence-corrected chi connectivity index (χ3v) is 2.80. The molecule has 0 saturated heterocycles. The first-order valence-electron chi connectivity index (χ1n) is 6.03. The van der Waals surface area contributed by atoms with E-state index in [4.69, 9.17) is 4.74 Å². The molecule has 0 fully saturated rings. The summed E-state index contributed by atoms with van der Waals surface area (Å²) in [5.74, 6) is 0.0996. The fraction of sp³-hybridized carbons (Fsp3) is 0.133. The van der Waals surface area contributed by atoms with Crippen molar-refractivity contribution in [1.29, 1.82) is 0 Å². The smallest absolute Gasteiger partial charge is 0.416 e. The first kappa shape index (κ1) is 14.9. The first-order chi connectivity index (χ1) is 9.90. The molecule has 2 aromatic carbocycles. The summed E-state index contributed by atoms with van der Waals surface area (Å²) in [6.45, 7) is 0. The van der Waals surface area contributed by atoms with Gasteiger partial charge in [-0.1, -0.05) is 6.07 Å². The molecule has 0 atom stereocenters. The number of methoxy groups -OCH3 is 1. The van der Waals surface area contributed by atoms with E-state index >= 15 is 0 Å². The minimum atomic E-state index is -4.44. The maximum absolute atomic E-state index is 12.6. The number of nitrogens with one attached hydrogen (secondary N) is 1. The highest BCUT2D eigenvalue weighted by Crippen LogP contribution is 2.30. The zero-order valence-electron chi connectivity index (χ0n) is 11.1. The summed E-state index contributed by atoms with van der Waals surface area (Å²) in [7, 11) is 1.50. The van der Waals surface area contributed by atoms with Gasteiger partial charge in [-0.3, -0.25) is 4.79 Å². The molecule has 0 bridgehead atoms. The number of carbonyl (C=O) groups excluding carboxylic acids is 1. The van der Waals surface area contributed by atoms with Crippen molar-refractivity contribution in [3.8, 4) is 5.75 Å². The number of hydrogen-bond acceptors (Lipinski definition) is 2. The lowest BCUT2D eigenvalue weighted by atomic mass is 10.1. The predicted molar refractivity (Wildman–Crippen MR) is 72.4 cm³/mol. The molecule has 21 heavy (non-hydrogen) atoms. The van der Waals surface area contributed by atoms with Gasteiger partial charge >= 0.3 is 6.18 Å². The summed E-state index contributed by atoms with van der Waals surface area (Å²) in [5, 5.41) is 2.43. The van der Waals surface area contributed by atoms with Gasteiger partial charge < -0.3 is 10.1 Å². The molecule has 0 spiro atoms. The molecule has 110 valence electrons. The summed E-state index contributed by atoms with van der Waals surface area (Å²) >= 11 is 0. The van der Waals surface area contributed by atoms with Gasteiger partial charge in [0.15, 0.2) is 0 Å². The summed E-state index contributed by atoms with van der Waals surface area (Å²) in [6.07, 6.45) is -4.44. The molecule has 0 unspecified atom stereocenters. The average Bonchev–Trinajstić information content (AvgIpc) is 2.47. The number of amides is 1. The van der Waals surface area contributed by atoms with E-state index < -0.39 is 17.6 Å². The Bertz CT molecular complexity index is 636. The molecule has 0 saturated carbocycles. The van der Waals surface area contributed by atoms with E-state index in [-0.39, 0.29) is 5.69 Å². The largest absolute Gasteiger partial charge is 0.497 e. The maximum atomic E-state index is 12.6. The summed E-state index contributed by atoms with van der Waals surface area (Å²) in [4.78, 5) is 11.9. The van der Waals surface area contributed by atoms with Crippen LogP contribution in [-0.4, -0.2) is 13.0 Å². The van der Waals surface area contributed by atoms with Crippen molar-refractivity contribution >= 4 is 11.6 Å². The molecule has 1 N–H and O–H groups in total. The van der Waals surface area contributed by atoms with Crippen molar-refractivity contribution in [3.63, 3.8) is 0 Å². The van der Waals surface area contributed by atoms with Crippen molar-refractivity contribution in [1.82, 2.24) is 0 Å². The topological polar surface area (TPSA) is 38.3 Å². The third kappa shape index (κ3) is 3.75. The van der Waals surface area contributed by atoms with Gasteiger partial charge in [-0.05, 0) is 42.5 Å². The summed E-state index contributed by atoms with van der Waals surface area (Å²) in [6, 6.07) is 10.7. The lowest BCUT2D eigenvalue weighted by Gasteiger charge is -2.10. The molecule has 0 aliphatic carbocycles. The van der Waals surface area contributed by atoms with Gasteiger partial charge in [0.2, 0.25) is 0 Å². The van der Waals surface area contributed by atoms with Crippen LogP contribution in [0.1, 0.15) is 15.9 Å². The van der Waals surface area contributed by atoms with Crippen LogP contribution in [0.3, 0.4) is 0 Å². The second-order valence-corrected chi connectivity index (χ2v) is 4.26. The summed E-state index contributed by atoms with van der Waals surface area (Å²) in [5.41, 5.74) is -0.395. The molecular weight excluding hydrogens is 283 g/mol. The highest BCUT2D eigenvalue weighted by molar-refractivity contribution is 6.04. The maximum Gasteiger partial charge on any atom is 0.416 e.